The maximum Gasteiger partial charge on any atom is 0.242 e. The number of benzene rings is 2. The van der Waals surface area contributed by atoms with E-state index in [2.05, 4.69) is 11.4 Å². The van der Waals surface area contributed by atoms with Gasteiger partial charge in [0.25, 0.3) is 0 Å². The van der Waals surface area contributed by atoms with Crippen LogP contribution in [0.2, 0.25) is 0 Å². The SMILES string of the molecule is Cc1ccc(C)c(N=C2S[C@H](CC(=O)Nc3ccccc3C)C(=O)N2C2CC2)c1. The number of aliphatic imine (C=N–C) groups is 1. The minimum Gasteiger partial charge on any atom is -0.326 e. The molecule has 1 aliphatic heterocycles. The zero-order valence-corrected chi connectivity index (χ0v) is 17.8. The van der Waals surface area contributed by atoms with Crippen molar-refractivity contribution in [2.75, 3.05) is 5.32 Å². The van der Waals surface area contributed by atoms with E-state index in [9.17, 15) is 9.59 Å². The molecule has 0 spiro atoms. The first kappa shape index (κ1) is 19.7. The molecule has 150 valence electrons. The van der Waals surface area contributed by atoms with E-state index in [0.717, 1.165) is 46.1 Å². The van der Waals surface area contributed by atoms with Crippen LogP contribution in [0.15, 0.2) is 47.5 Å². The summed E-state index contributed by atoms with van der Waals surface area (Å²) < 4.78 is 0. The largest absolute Gasteiger partial charge is 0.326 e. The molecule has 5 nitrogen and oxygen atoms in total. The van der Waals surface area contributed by atoms with Gasteiger partial charge in [0.15, 0.2) is 5.17 Å². The van der Waals surface area contributed by atoms with Crippen LogP contribution in [0.5, 0.6) is 0 Å². The van der Waals surface area contributed by atoms with Crippen LogP contribution >= 0.6 is 11.8 Å². The lowest BCUT2D eigenvalue weighted by atomic mass is 10.1. The Morgan fingerprint density at radius 2 is 1.90 bits per heavy atom. The van der Waals surface area contributed by atoms with Crippen LogP contribution in [-0.4, -0.2) is 33.2 Å². The Labute approximate surface area is 175 Å². The van der Waals surface area contributed by atoms with Gasteiger partial charge in [-0.25, -0.2) is 4.99 Å². The molecule has 4 rings (SSSR count). The lowest BCUT2D eigenvalue weighted by molar-refractivity contribution is -0.128. The van der Waals surface area contributed by atoms with E-state index in [4.69, 9.17) is 4.99 Å². The van der Waals surface area contributed by atoms with Crippen molar-refractivity contribution in [3.05, 3.63) is 59.2 Å². The predicted octanol–water partition coefficient (Wildman–Crippen LogP) is 4.73. The summed E-state index contributed by atoms with van der Waals surface area (Å²) in [5.41, 5.74) is 4.89. The van der Waals surface area contributed by atoms with Crippen molar-refractivity contribution < 1.29 is 9.59 Å². The molecule has 2 amide bonds. The molecule has 1 aliphatic carbocycles. The van der Waals surface area contributed by atoms with E-state index in [1.807, 2.05) is 62.1 Å². The average molecular weight is 408 g/mol. The Kier molecular flexibility index (Phi) is 5.46. The van der Waals surface area contributed by atoms with Crippen LogP contribution in [0.3, 0.4) is 0 Å². The Morgan fingerprint density at radius 1 is 1.14 bits per heavy atom. The molecule has 6 heteroatoms. The molecule has 0 aromatic heterocycles. The molecule has 2 aliphatic rings. The number of nitrogens with zero attached hydrogens (tertiary/aromatic N) is 2. The van der Waals surface area contributed by atoms with Gasteiger partial charge in [-0.2, -0.15) is 0 Å². The molecule has 0 bridgehead atoms. The first-order valence-corrected chi connectivity index (χ1v) is 10.8. The summed E-state index contributed by atoms with van der Waals surface area (Å²) in [7, 11) is 0. The molecule has 0 unspecified atom stereocenters. The number of amides is 2. The van der Waals surface area contributed by atoms with Crippen molar-refractivity contribution in [1.29, 1.82) is 0 Å². The number of hydrogen-bond donors (Lipinski definition) is 1. The van der Waals surface area contributed by atoms with Crippen molar-refractivity contribution >= 4 is 40.1 Å². The van der Waals surface area contributed by atoms with E-state index < -0.39 is 5.25 Å². The summed E-state index contributed by atoms with van der Waals surface area (Å²) in [6.45, 7) is 6.01. The Hall–Kier alpha value is -2.60. The molecule has 2 aromatic carbocycles. The maximum atomic E-state index is 13.0. The van der Waals surface area contributed by atoms with Gasteiger partial charge in [-0.05, 0) is 62.4 Å². The molecule has 1 atom stereocenters. The molecular formula is C23H25N3O2S. The van der Waals surface area contributed by atoms with E-state index in [-0.39, 0.29) is 24.3 Å². The molecule has 29 heavy (non-hydrogen) atoms. The van der Waals surface area contributed by atoms with Crippen LogP contribution in [0.4, 0.5) is 11.4 Å². The van der Waals surface area contributed by atoms with E-state index in [0.29, 0.717) is 0 Å². The van der Waals surface area contributed by atoms with Gasteiger partial charge in [-0.1, -0.05) is 42.1 Å². The first-order valence-electron chi connectivity index (χ1n) is 9.93. The predicted molar refractivity (Wildman–Crippen MR) is 119 cm³/mol. The molecule has 1 N–H and O–H groups in total. The second kappa shape index (κ2) is 8.03. The van der Waals surface area contributed by atoms with Crippen LogP contribution in [0.1, 0.15) is 36.0 Å². The molecule has 1 saturated carbocycles. The molecular weight excluding hydrogens is 382 g/mol. The van der Waals surface area contributed by atoms with Gasteiger partial charge in [0.1, 0.15) is 5.25 Å². The van der Waals surface area contributed by atoms with Gasteiger partial charge in [0, 0.05) is 18.2 Å². The lowest BCUT2D eigenvalue weighted by Gasteiger charge is -2.15. The highest BCUT2D eigenvalue weighted by atomic mass is 32.2. The third kappa shape index (κ3) is 4.37. The number of aryl methyl sites for hydroxylation is 3. The Bertz CT molecular complexity index is 997. The summed E-state index contributed by atoms with van der Waals surface area (Å²) in [6, 6.07) is 14.0. The number of anilines is 1. The lowest BCUT2D eigenvalue weighted by Crippen LogP contribution is -2.35. The van der Waals surface area contributed by atoms with Crippen molar-refractivity contribution in [2.24, 2.45) is 4.99 Å². The van der Waals surface area contributed by atoms with Gasteiger partial charge in [0.05, 0.1) is 5.69 Å². The van der Waals surface area contributed by atoms with Crippen molar-refractivity contribution in [3.8, 4) is 0 Å². The maximum absolute atomic E-state index is 13.0. The smallest absolute Gasteiger partial charge is 0.242 e. The van der Waals surface area contributed by atoms with Crippen molar-refractivity contribution in [1.82, 2.24) is 4.90 Å². The molecule has 2 fully saturated rings. The van der Waals surface area contributed by atoms with Gasteiger partial charge < -0.3 is 5.32 Å². The van der Waals surface area contributed by atoms with Gasteiger partial charge in [-0.15, -0.1) is 0 Å². The summed E-state index contributed by atoms with van der Waals surface area (Å²) in [5.74, 6) is -0.143. The number of thioether (sulfide) groups is 1. The van der Waals surface area contributed by atoms with Crippen LogP contribution < -0.4 is 5.32 Å². The topological polar surface area (TPSA) is 61.8 Å². The highest BCUT2D eigenvalue weighted by Gasteiger charge is 2.46. The van der Waals surface area contributed by atoms with E-state index in [1.165, 1.54) is 11.8 Å². The monoisotopic (exact) mass is 407 g/mol. The minimum atomic E-state index is -0.427. The Balaban J connectivity index is 1.53. The van der Waals surface area contributed by atoms with Gasteiger partial charge >= 0.3 is 0 Å². The number of carbonyl (C=O) groups is 2. The normalized spacial score (nSPS) is 20.4. The van der Waals surface area contributed by atoms with Gasteiger partial charge in [-0.3, -0.25) is 14.5 Å². The molecule has 2 aromatic rings. The zero-order chi connectivity index (χ0) is 20.5. The second-order valence-corrected chi connectivity index (χ2v) is 8.97. The highest BCUT2D eigenvalue weighted by molar-refractivity contribution is 8.15. The molecule has 1 saturated heterocycles. The molecule has 0 radical (unpaired) electrons. The number of carbonyl (C=O) groups excluding carboxylic acids is 2. The Morgan fingerprint density at radius 3 is 2.62 bits per heavy atom. The van der Waals surface area contributed by atoms with E-state index in [1.54, 1.807) is 0 Å². The summed E-state index contributed by atoms with van der Waals surface area (Å²) >= 11 is 1.41. The zero-order valence-electron chi connectivity index (χ0n) is 16.9. The van der Waals surface area contributed by atoms with Crippen molar-refractivity contribution in [3.63, 3.8) is 0 Å². The standard InChI is InChI=1S/C23H25N3O2S/c1-14-8-9-16(3)19(12-14)25-23-26(17-10-11-17)22(28)20(29-23)13-21(27)24-18-7-5-4-6-15(18)2/h4-9,12,17,20H,10-11,13H2,1-3H3,(H,24,27)/t20-/m1/s1. The third-order valence-electron chi connectivity index (χ3n) is 5.25. The highest BCUT2D eigenvalue weighted by Crippen LogP contribution is 2.40. The van der Waals surface area contributed by atoms with E-state index >= 15 is 0 Å². The minimum absolute atomic E-state index is 0.00138. The number of hydrogen-bond acceptors (Lipinski definition) is 4. The fourth-order valence-corrected chi connectivity index (χ4v) is 4.59. The summed E-state index contributed by atoms with van der Waals surface area (Å²) in [4.78, 5) is 32.3. The molecule has 1 heterocycles. The quantitative estimate of drug-likeness (QED) is 0.779. The van der Waals surface area contributed by atoms with Gasteiger partial charge in [0.2, 0.25) is 11.8 Å². The fraction of sp³-hybridized carbons (Fsp3) is 0.348. The van der Waals surface area contributed by atoms with Crippen LogP contribution in [-0.2, 0) is 9.59 Å². The summed E-state index contributed by atoms with van der Waals surface area (Å²) in [6.07, 6.45) is 2.15. The second-order valence-electron chi connectivity index (χ2n) is 7.80. The fourth-order valence-electron chi connectivity index (χ4n) is 3.39. The number of nitrogens with one attached hydrogen (secondary N) is 1. The average Bonchev–Trinajstić information content (AvgIpc) is 3.46. The number of para-hydroxylation sites is 1. The number of rotatable bonds is 5. The third-order valence-corrected chi connectivity index (χ3v) is 6.40. The van der Waals surface area contributed by atoms with Crippen LogP contribution in [0, 0.1) is 20.8 Å². The van der Waals surface area contributed by atoms with Crippen LogP contribution in [0.25, 0.3) is 0 Å². The summed E-state index contributed by atoms with van der Waals surface area (Å²) in [5, 5.41) is 3.23. The van der Waals surface area contributed by atoms with Crippen molar-refractivity contribution in [2.45, 2.75) is 51.3 Å². The number of amidine groups is 1. The first-order chi connectivity index (χ1) is 13.9.